The van der Waals surface area contributed by atoms with Gasteiger partial charge in [0, 0.05) is 24.4 Å². The SMILES string of the molecule is [C-]#[N+]c1c(C)cc(-c2nc3c(-c4cccc(-c5ccccn5)c4)cccc3n2C)c(O)c1C. The van der Waals surface area contributed by atoms with Crippen molar-refractivity contribution in [2.45, 2.75) is 13.8 Å². The van der Waals surface area contributed by atoms with E-state index >= 15 is 0 Å². The van der Waals surface area contributed by atoms with Crippen LogP contribution in [0.5, 0.6) is 5.75 Å². The number of pyridine rings is 1. The number of hydrogen-bond acceptors (Lipinski definition) is 3. The van der Waals surface area contributed by atoms with Crippen LogP contribution >= 0.6 is 0 Å². The molecule has 0 amide bonds. The summed E-state index contributed by atoms with van der Waals surface area (Å²) in [4.78, 5) is 13.0. The van der Waals surface area contributed by atoms with Gasteiger partial charge in [-0.1, -0.05) is 42.5 Å². The third kappa shape index (κ3) is 3.33. The number of phenolic OH excluding ortho intramolecular Hbond substituents is 1. The van der Waals surface area contributed by atoms with Gasteiger partial charge in [0.25, 0.3) is 0 Å². The Morgan fingerprint density at radius 3 is 2.45 bits per heavy atom. The number of benzene rings is 3. The van der Waals surface area contributed by atoms with Gasteiger partial charge in [-0.25, -0.2) is 9.83 Å². The molecule has 0 aliphatic heterocycles. The zero-order valence-corrected chi connectivity index (χ0v) is 18.7. The van der Waals surface area contributed by atoms with E-state index in [1.165, 1.54) is 0 Å². The number of aromatic hydroxyl groups is 1. The molecule has 5 heteroatoms. The van der Waals surface area contributed by atoms with E-state index in [9.17, 15) is 5.11 Å². The summed E-state index contributed by atoms with van der Waals surface area (Å²) in [5, 5.41) is 10.9. The Labute approximate surface area is 192 Å². The highest BCUT2D eigenvalue weighted by molar-refractivity contribution is 5.95. The molecule has 0 fully saturated rings. The van der Waals surface area contributed by atoms with E-state index in [0.717, 1.165) is 39.0 Å². The lowest BCUT2D eigenvalue weighted by Crippen LogP contribution is -1.95. The molecule has 2 heterocycles. The highest BCUT2D eigenvalue weighted by Crippen LogP contribution is 2.41. The Morgan fingerprint density at radius 1 is 0.909 bits per heavy atom. The van der Waals surface area contributed by atoms with Gasteiger partial charge in [-0.3, -0.25) is 4.98 Å². The van der Waals surface area contributed by atoms with Gasteiger partial charge in [-0.2, -0.15) is 0 Å². The second kappa shape index (κ2) is 7.92. The minimum atomic E-state index is 0.101. The Bertz CT molecular complexity index is 1560. The minimum absolute atomic E-state index is 0.101. The van der Waals surface area contributed by atoms with Gasteiger partial charge in [-0.15, -0.1) is 0 Å². The van der Waals surface area contributed by atoms with E-state index in [0.29, 0.717) is 22.6 Å². The molecule has 0 saturated heterocycles. The summed E-state index contributed by atoms with van der Waals surface area (Å²) in [5.41, 5.74) is 8.37. The molecule has 3 aromatic carbocycles. The fourth-order valence-corrected chi connectivity index (χ4v) is 4.37. The molecule has 0 atom stereocenters. The van der Waals surface area contributed by atoms with Crippen molar-refractivity contribution >= 4 is 16.7 Å². The smallest absolute Gasteiger partial charge is 0.196 e. The molecular formula is C28H22N4O. The van der Waals surface area contributed by atoms with Crippen LogP contribution in [0, 0.1) is 20.4 Å². The van der Waals surface area contributed by atoms with Crippen molar-refractivity contribution in [1.82, 2.24) is 14.5 Å². The van der Waals surface area contributed by atoms with Crippen LogP contribution in [0.3, 0.4) is 0 Å². The molecule has 0 saturated carbocycles. The van der Waals surface area contributed by atoms with Gasteiger partial charge in [0.2, 0.25) is 0 Å². The van der Waals surface area contributed by atoms with Gasteiger partial charge in [0.1, 0.15) is 11.6 Å². The van der Waals surface area contributed by atoms with Crippen molar-refractivity contribution in [2.24, 2.45) is 7.05 Å². The molecule has 0 spiro atoms. The number of nitrogens with zero attached hydrogens (tertiary/aromatic N) is 4. The van der Waals surface area contributed by atoms with Crippen LogP contribution in [0.4, 0.5) is 5.69 Å². The standard InChI is InChI=1S/C28H22N4O/c1-17-15-22(27(33)18(2)25(17)29-3)28-31-26-21(11-8-13-24(26)32(28)4)19-9-7-10-20(16-19)23-12-5-6-14-30-23/h5-16,33H,1-2,4H3. The maximum atomic E-state index is 10.9. The van der Waals surface area contributed by atoms with Crippen molar-refractivity contribution in [1.29, 1.82) is 0 Å². The number of phenols is 1. The summed E-state index contributed by atoms with van der Waals surface area (Å²) in [6.07, 6.45) is 1.80. The summed E-state index contributed by atoms with van der Waals surface area (Å²) in [7, 11) is 1.95. The molecule has 0 bridgehead atoms. The molecule has 33 heavy (non-hydrogen) atoms. The summed E-state index contributed by atoms with van der Waals surface area (Å²) in [6.45, 7) is 11.1. The molecule has 5 rings (SSSR count). The van der Waals surface area contributed by atoms with Crippen LogP contribution in [0.25, 0.3) is 49.7 Å². The second-order valence-corrected chi connectivity index (χ2v) is 8.14. The van der Waals surface area contributed by atoms with Gasteiger partial charge in [0.15, 0.2) is 5.69 Å². The predicted octanol–water partition coefficient (Wildman–Crippen LogP) is 6.84. The van der Waals surface area contributed by atoms with E-state index in [1.807, 2.05) is 61.0 Å². The van der Waals surface area contributed by atoms with Crippen molar-refractivity contribution in [2.75, 3.05) is 0 Å². The Hall–Kier alpha value is -4.43. The van der Waals surface area contributed by atoms with Crippen molar-refractivity contribution < 1.29 is 5.11 Å². The number of para-hydroxylation sites is 1. The zero-order valence-electron chi connectivity index (χ0n) is 18.7. The lowest BCUT2D eigenvalue weighted by Gasteiger charge is -2.11. The molecule has 0 radical (unpaired) electrons. The first kappa shape index (κ1) is 20.5. The number of fused-ring (bicyclic) bond motifs is 1. The Morgan fingerprint density at radius 2 is 1.70 bits per heavy atom. The average molecular weight is 431 g/mol. The second-order valence-electron chi connectivity index (χ2n) is 8.14. The van der Waals surface area contributed by atoms with E-state index in [4.69, 9.17) is 11.6 Å². The van der Waals surface area contributed by atoms with Gasteiger partial charge in [-0.05, 0) is 54.8 Å². The first-order valence-corrected chi connectivity index (χ1v) is 10.7. The molecule has 5 aromatic rings. The molecule has 2 aromatic heterocycles. The molecular weight excluding hydrogens is 408 g/mol. The molecule has 0 unspecified atom stereocenters. The van der Waals surface area contributed by atoms with E-state index in [-0.39, 0.29) is 5.75 Å². The lowest BCUT2D eigenvalue weighted by molar-refractivity contribution is 0.473. The monoisotopic (exact) mass is 430 g/mol. The lowest BCUT2D eigenvalue weighted by atomic mass is 10.0. The van der Waals surface area contributed by atoms with Crippen LogP contribution in [0.1, 0.15) is 11.1 Å². The Kier molecular flexibility index (Phi) is 4.91. The van der Waals surface area contributed by atoms with Crippen molar-refractivity contribution in [3.05, 3.63) is 95.5 Å². The number of aryl methyl sites for hydroxylation is 2. The zero-order chi connectivity index (χ0) is 23.1. The van der Waals surface area contributed by atoms with Crippen LogP contribution in [0.15, 0.2) is 72.9 Å². The fourth-order valence-electron chi connectivity index (χ4n) is 4.37. The summed E-state index contributed by atoms with van der Waals surface area (Å²) >= 11 is 0. The van der Waals surface area contributed by atoms with Crippen LogP contribution in [0.2, 0.25) is 0 Å². The predicted molar refractivity (Wildman–Crippen MR) is 132 cm³/mol. The normalized spacial score (nSPS) is 11.0. The summed E-state index contributed by atoms with van der Waals surface area (Å²) in [6, 6.07) is 22.1. The average Bonchev–Trinajstić information content (AvgIpc) is 3.19. The maximum absolute atomic E-state index is 10.9. The van der Waals surface area contributed by atoms with Gasteiger partial charge < -0.3 is 9.67 Å². The number of aromatic nitrogens is 3. The molecule has 160 valence electrons. The minimum Gasteiger partial charge on any atom is -0.508 e. The topological polar surface area (TPSA) is 55.3 Å². The summed E-state index contributed by atoms with van der Waals surface area (Å²) < 4.78 is 1.99. The first-order valence-electron chi connectivity index (χ1n) is 10.7. The van der Waals surface area contributed by atoms with Crippen LogP contribution in [-0.2, 0) is 7.05 Å². The number of hydrogen-bond donors (Lipinski definition) is 1. The first-order chi connectivity index (χ1) is 16.0. The van der Waals surface area contributed by atoms with E-state index in [1.54, 1.807) is 13.1 Å². The van der Waals surface area contributed by atoms with Gasteiger partial charge in [0.05, 0.1) is 28.9 Å². The van der Waals surface area contributed by atoms with E-state index in [2.05, 4.69) is 34.1 Å². The molecule has 0 aliphatic rings. The maximum Gasteiger partial charge on any atom is 0.196 e. The molecule has 5 nitrogen and oxygen atoms in total. The largest absolute Gasteiger partial charge is 0.508 e. The highest BCUT2D eigenvalue weighted by atomic mass is 16.3. The van der Waals surface area contributed by atoms with E-state index < -0.39 is 0 Å². The summed E-state index contributed by atoms with van der Waals surface area (Å²) in [5.74, 6) is 0.766. The third-order valence-corrected chi connectivity index (χ3v) is 6.10. The number of rotatable bonds is 3. The third-order valence-electron chi connectivity index (χ3n) is 6.10. The quantitative estimate of drug-likeness (QED) is 0.319. The number of imidazole rings is 1. The van der Waals surface area contributed by atoms with Crippen molar-refractivity contribution in [3.63, 3.8) is 0 Å². The van der Waals surface area contributed by atoms with Crippen LogP contribution < -0.4 is 0 Å². The fraction of sp³-hybridized carbons (Fsp3) is 0.107. The Balaban J connectivity index is 1.70. The molecule has 0 aliphatic carbocycles. The molecule has 1 N–H and O–H groups in total. The van der Waals surface area contributed by atoms with Gasteiger partial charge >= 0.3 is 0 Å². The van der Waals surface area contributed by atoms with Crippen molar-refractivity contribution in [3.8, 4) is 39.5 Å². The highest BCUT2D eigenvalue weighted by Gasteiger charge is 2.20. The van der Waals surface area contributed by atoms with Crippen LogP contribution in [-0.4, -0.2) is 19.6 Å².